The van der Waals surface area contributed by atoms with Gasteiger partial charge in [-0.1, -0.05) is 0 Å². The van der Waals surface area contributed by atoms with Crippen LogP contribution in [0.25, 0.3) is 0 Å². The highest BCUT2D eigenvalue weighted by atomic mass is 16.6. The van der Waals surface area contributed by atoms with Gasteiger partial charge in [0.05, 0.1) is 23.7 Å². The second kappa shape index (κ2) is 2.34. The standard InChI is InChI=1S/C14H10O6/c15-9-5-3-1-13(3)7-8(12(18)20-11(7)17)14(13)2-4(14)6(5)10(16)19-9/h3-8H,1-2H2/t3-,4?,5+,6-,7?,8+,13-,14-/m0/s1. The van der Waals surface area contributed by atoms with Crippen molar-refractivity contribution < 1.29 is 28.7 Å². The Morgan fingerprint density at radius 2 is 1.10 bits per heavy atom. The van der Waals surface area contributed by atoms with E-state index in [2.05, 4.69) is 0 Å². The Morgan fingerprint density at radius 3 is 1.55 bits per heavy atom. The molecule has 0 radical (unpaired) electrons. The molecular formula is C14H10O6. The normalized spacial score (nSPS) is 63.2. The molecule has 0 bridgehead atoms. The number of carbonyl (C=O) groups excluding carboxylic acids is 4. The summed E-state index contributed by atoms with van der Waals surface area (Å²) in [4.78, 5) is 47.6. The second-order valence-electron chi connectivity index (χ2n) is 7.19. The van der Waals surface area contributed by atoms with Crippen LogP contribution in [0.2, 0.25) is 0 Å². The molecule has 6 nitrogen and oxygen atoms in total. The van der Waals surface area contributed by atoms with Crippen molar-refractivity contribution in [3.8, 4) is 0 Å². The molecule has 0 N–H and O–H groups in total. The molecule has 6 rings (SSSR count). The van der Waals surface area contributed by atoms with E-state index in [1.807, 2.05) is 0 Å². The van der Waals surface area contributed by atoms with Crippen LogP contribution in [0.15, 0.2) is 0 Å². The Morgan fingerprint density at radius 1 is 0.700 bits per heavy atom. The zero-order valence-corrected chi connectivity index (χ0v) is 10.3. The molecule has 2 spiro atoms. The zero-order chi connectivity index (χ0) is 13.6. The molecule has 20 heavy (non-hydrogen) atoms. The van der Waals surface area contributed by atoms with Crippen LogP contribution in [0.1, 0.15) is 12.8 Å². The lowest BCUT2D eigenvalue weighted by atomic mass is 9.46. The summed E-state index contributed by atoms with van der Waals surface area (Å²) in [5.74, 6) is -3.13. The number of hydrogen-bond donors (Lipinski definition) is 0. The number of cyclic esters (lactones) is 4. The fourth-order valence-corrected chi connectivity index (χ4v) is 6.64. The van der Waals surface area contributed by atoms with E-state index in [0.717, 1.165) is 12.8 Å². The third-order valence-electron chi connectivity index (χ3n) is 7.14. The molecule has 0 aromatic heterocycles. The van der Waals surface area contributed by atoms with Gasteiger partial charge in [-0.3, -0.25) is 19.2 Å². The largest absolute Gasteiger partial charge is 0.393 e. The SMILES string of the molecule is O=C1OC(=O)[C@H]2C1[C@]13C[C@H]1[C@H]1C(=O)OC(=O)[C@H]1C1C[C@]123. The van der Waals surface area contributed by atoms with Crippen LogP contribution in [0.4, 0.5) is 0 Å². The number of carbonyl (C=O) groups is 4. The maximum Gasteiger partial charge on any atom is 0.318 e. The van der Waals surface area contributed by atoms with Crippen LogP contribution in [-0.4, -0.2) is 23.9 Å². The van der Waals surface area contributed by atoms with E-state index in [1.54, 1.807) is 0 Å². The van der Waals surface area contributed by atoms with Gasteiger partial charge >= 0.3 is 23.9 Å². The smallest absolute Gasteiger partial charge is 0.318 e. The van der Waals surface area contributed by atoms with Crippen LogP contribution >= 0.6 is 0 Å². The molecule has 2 heterocycles. The van der Waals surface area contributed by atoms with Crippen molar-refractivity contribution in [2.45, 2.75) is 12.8 Å². The van der Waals surface area contributed by atoms with Gasteiger partial charge in [-0.15, -0.1) is 0 Å². The summed E-state index contributed by atoms with van der Waals surface area (Å²) in [6, 6.07) is 0. The highest BCUT2D eigenvalue weighted by molar-refractivity contribution is 6.03. The zero-order valence-electron chi connectivity index (χ0n) is 10.3. The van der Waals surface area contributed by atoms with Crippen molar-refractivity contribution in [1.29, 1.82) is 0 Å². The first-order valence-electron chi connectivity index (χ1n) is 7.05. The maximum absolute atomic E-state index is 11.9. The number of esters is 4. The number of rotatable bonds is 0. The summed E-state index contributed by atoms with van der Waals surface area (Å²) in [7, 11) is 0. The first-order valence-corrected chi connectivity index (χ1v) is 7.05. The molecule has 6 aliphatic rings. The average molecular weight is 274 g/mol. The Kier molecular flexibility index (Phi) is 1.18. The molecule has 4 saturated carbocycles. The van der Waals surface area contributed by atoms with Gasteiger partial charge < -0.3 is 9.47 Å². The van der Waals surface area contributed by atoms with Crippen LogP contribution in [-0.2, 0) is 28.7 Å². The topological polar surface area (TPSA) is 86.7 Å². The molecule has 2 unspecified atom stereocenters. The van der Waals surface area contributed by atoms with E-state index in [0.29, 0.717) is 0 Å². The van der Waals surface area contributed by atoms with Crippen molar-refractivity contribution in [1.82, 2.24) is 0 Å². The molecule has 102 valence electrons. The van der Waals surface area contributed by atoms with Crippen molar-refractivity contribution >= 4 is 23.9 Å². The second-order valence-corrected chi connectivity index (χ2v) is 7.19. The molecule has 6 fully saturated rings. The lowest BCUT2D eigenvalue weighted by Gasteiger charge is -2.51. The van der Waals surface area contributed by atoms with Crippen molar-refractivity contribution in [3.63, 3.8) is 0 Å². The number of fused-ring (bicyclic) bond motifs is 4. The summed E-state index contributed by atoms with van der Waals surface area (Å²) < 4.78 is 9.64. The fourth-order valence-electron chi connectivity index (χ4n) is 6.64. The molecule has 8 atom stereocenters. The van der Waals surface area contributed by atoms with Gasteiger partial charge in [-0.25, -0.2) is 0 Å². The van der Waals surface area contributed by atoms with Crippen LogP contribution in [0, 0.1) is 46.3 Å². The monoisotopic (exact) mass is 274 g/mol. The highest BCUT2D eigenvalue weighted by Gasteiger charge is 2.98. The van der Waals surface area contributed by atoms with Crippen molar-refractivity contribution in [2.75, 3.05) is 0 Å². The number of ether oxygens (including phenoxy) is 2. The predicted molar refractivity (Wildman–Crippen MR) is 57.2 cm³/mol. The third-order valence-corrected chi connectivity index (χ3v) is 7.14. The number of hydrogen-bond acceptors (Lipinski definition) is 6. The van der Waals surface area contributed by atoms with Crippen LogP contribution < -0.4 is 0 Å². The predicted octanol–water partition coefficient (Wildman–Crippen LogP) is -0.342. The van der Waals surface area contributed by atoms with Gasteiger partial charge in [0.15, 0.2) is 0 Å². The molecule has 2 aliphatic heterocycles. The van der Waals surface area contributed by atoms with Gasteiger partial charge in [0.25, 0.3) is 0 Å². The molecule has 4 aliphatic carbocycles. The van der Waals surface area contributed by atoms with E-state index in [4.69, 9.17) is 9.47 Å². The lowest BCUT2D eigenvalue weighted by Crippen LogP contribution is -2.58. The van der Waals surface area contributed by atoms with Gasteiger partial charge in [0.2, 0.25) is 0 Å². The average Bonchev–Trinajstić information content (AvgIpc) is 3.22. The van der Waals surface area contributed by atoms with Gasteiger partial charge in [-0.2, -0.15) is 0 Å². The quantitative estimate of drug-likeness (QED) is 0.443. The minimum Gasteiger partial charge on any atom is -0.393 e. The van der Waals surface area contributed by atoms with Gasteiger partial charge in [0.1, 0.15) is 0 Å². The molecule has 0 aromatic rings. The van der Waals surface area contributed by atoms with Crippen LogP contribution in [0.5, 0.6) is 0 Å². The maximum atomic E-state index is 11.9. The highest BCUT2D eigenvalue weighted by Crippen LogP contribution is 2.96. The molecule has 2 saturated heterocycles. The fraction of sp³-hybridized carbons (Fsp3) is 0.714. The Balaban J connectivity index is 1.54. The Bertz CT molecular complexity index is 595. The molecule has 0 amide bonds. The summed E-state index contributed by atoms with van der Waals surface area (Å²) in [6.45, 7) is 0. The van der Waals surface area contributed by atoms with Gasteiger partial charge in [0, 0.05) is 0 Å². The minimum atomic E-state index is -0.427. The van der Waals surface area contributed by atoms with E-state index in [-0.39, 0.29) is 46.3 Å². The van der Waals surface area contributed by atoms with E-state index >= 15 is 0 Å². The Labute approximate surface area is 112 Å². The molecule has 0 aromatic carbocycles. The summed E-state index contributed by atoms with van der Waals surface area (Å²) in [5, 5.41) is 0. The first kappa shape index (κ1) is 10.1. The summed E-state index contributed by atoms with van der Waals surface area (Å²) >= 11 is 0. The summed E-state index contributed by atoms with van der Waals surface area (Å²) in [5.41, 5.74) is -0.479. The van der Waals surface area contributed by atoms with Crippen molar-refractivity contribution in [2.24, 2.45) is 46.3 Å². The molecule has 6 heteroatoms. The van der Waals surface area contributed by atoms with Crippen LogP contribution in [0.3, 0.4) is 0 Å². The van der Waals surface area contributed by atoms with E-state index in [9.17, 15) is 19.2 Å². The first-order chi connectivity index (χ1) is 9.54. The molecular weight excluding hydrogens is 264 g/mol. The van der Waals surface area contributed by atoms with E-state index < -0.39 is 23.9 Å². The van der Waals surface area contributed by atoms with Gasteiger partial charge in [-0.05, 0) is 35.5 Å². The van der Waals surface area contributed by atoms with Crippen molar-refractivity contribution in [3.05, 3.63) is 0 Å². The lowest BCUT2D eigenvalue weighted by molar-refractivity contribution is -0.158. The van der Waals surface area contributed by atoms with E-state index in [1.165, 1.54) is 0 Å². The third kappa shape index (κ3) is 0.636. The Hall–Kier alpha value is -1.72. The minimum absolute atomic E-state index is 0.0323. The summed E-state index contributed by atoms with van der Waals surface area (Å²) in [6.07, 6.45) is 1.52.